The standard InChI is InChI=1S/C18H29N3O4/c19-16-12(18(23)24)6-11-15(22)10-7-13(9-4-2-1-3-5-9)20-8-14(10)25-17(11)21-16/h9-14,16-17,20-21H,1-8,19H2,(H,23,24). The van der Waals surface area contributed by atoms with Crippen molar-refractivity contribution in [2.75, 3.05) is 6.54 Å². The molecule has 0 radical (unpaired) electrons. The van der Waals surface area contributed by atoms with Crippen molar-refractivity contribution in [3.63, 3.8) is 0 Å². The lowest BCUT2D eigenvalue weighted by Crippen LogP contribution is -2.67. The van der Waals surface area contributed by atoms with Gasteiger partial charge in [-0.15, -0.1) is 0 Å². The molecule has 1 aliphatic carbocycles. The number of carboxylic acid groups (broad SMARTS) is 1. The van der Waals surface area contributed by atoms with E-state index >= 15 is 0 Å². The molecular formula is C18H29N3O4. The number of piperidine rings is 2. The lowest BCUT2D eigenvalue weighted by molar-refractivity contribution is -0.181. The van der Waals surface area contributed by atoms with Gasteiger partial charge in [0, 0.05) is 18.5 Å². The summed E-state index contributed by atoms with van der Waals surface area (Å²) < 4.78 is 6.13. The van der Waals surface area contributed by atoms with Gasteiger partial charge in [-0.1, -0.05) is 19.3 Å². The molecule has 7 unspecified atom stereocenters. The molecule has 0 aromatic rings. The summed E-state index contributed by atoms with van der Waals surface area (Å²) in [5.41, 5.74) is 5.92. The Bertz CT molecular complexity index is 536. The molecule has 3 saturated heterocycles. The highest BCUT2D eigenvalue weighted by Gasteiger charge is 2.52. The van der Waals surface area contributed by atoms with E-state index < -0.39 is 30.2 Å². The zero-order valence-corrected chi connectivity index (χ0v) is 14.5. The highest BCUT2D eigenvalue weighted by molar-refractivity contribution is 5.86. The Hall–Kier alpha value is -1.02. The number of carbonyl (C=O) groups excluding carboxylic acids is 1. The predicted octanol–water partition coefficient (Wildman–Crippen LogP) is 0.434. The molecule has 1 saturated carbocycles. The molecule has 7 atom stereocenters. The van der Waals surface area contributed by atoms with Crippen LogP contribution < -0.4 is 16.4 Å². The average Bonchev–Trinajstić information content (AvgIpc) is 2.62. The fourth-order valence-electron chi connectivity index (χ4n) is 5.34. The van der Waals surface area contributed by atoms with Crippen LogP contribution in [0, 0.1) is 23.7 Å². The van der Waals surface area contributed by atoms with Gasteiger partial charge in [-0.25, -0.2) is 0 Å². The predicted molar refractivity (Wildman–Crippen MR) is 90.5 cm³/mol. The van der Waals surface area contributed by atoms with E-state index in [0.29, 0.717) is 18.5 Å². The SMILES string of the molecule is NC1NC2OC3CNC(C4CCCCC4)CC3C(=O)C2CC1C(=O)O. The first-order valence-electron chi connectivity index (χ1n) is 9.71. The Morgan fingerprint density at radius 3 is 2.64 bits per heavy atom. The van der Waals surface area contributed by atoms with Crippen LogP contribution in [0.15, 0.2) is 0 Å². The molecule has 3 heterocycles. The molecule has 4 fully saturated rings. The van der Waals surface area contributed by atoms with Crippen molar-refractivity contribution in [2.24, 2.45) is 29.4 Å². The Morgan fingerprint density at radius 2 is 1.92 bits per heavy atom. The number of ether oxygens (including phenoxy) is 1. The van der Waals surface area contributed by atoms with Gasteiger partial charge < -0.3 is 20.9 Å². The van der Waals surface area contributed by atoms with Crippen molar-refractivity contribution in [1.29, 1.82) is 0 Å². The van der Waals surface area contributed by atoms with E-state index in [1.807, 2.05) is 0 Å². The normalized spacial score (nSPS) is 45.5. The molecular weight excluding hydrogens is 322 g/mol. The van der Waals surface area contributed by atoms with E-state index in [4.69, 9.17) is 10.5 Å². The van der Waals surface area contributed by atoms with Crippen LogP contribution in [0.25, 0.3) is 0 Å². The van der Waals surface area contributed by atoms with Gasteiger partial charge in [-0.05, 0) is 31.6 Å². The van der Waals surface area contributed by atoms with Crippen LogP contribution >= 0.6 is 0 Å². The molecule has 140 valence electrons. The van der Waals surface area contributed by atoms with Crippen LogP contribution in [0.1, 0.15) is 44.9 Å². The van der Waals surface area contributed by atoms with E-state index in [1.165, 1.54) is 32.1 Å². The second-order valence-electron chi connectivity index (χ2n) is 8.23. The molecule has 7 nitrogen and oxygen atoms in total. The molecule has 0 spiro atoms. The highest BCUT2D eigenvalue weighted by atomic mass is 16.5. The number of rotatable bonds is 2. The zero-order valence-electron chi connectivity index (χ0n) is 14.5. The summed E-state index contributed by atoms with van der Waals surface area (Å²) in [6.07, 6.45) is 6.23. The molecule has 0 aromatic carbocycles. The molecule has 0 bridgehead atoms. The van der Waals surface area contributed by atoms with E-state index in [9.17, 15) is 14.7 Å². The topological polar surface area (TPSA) is 114 Å². The van der Waals surface area contributed by atoms with E-state index in [-0.39, 0.29) is 24.2 Å². The first-order valence-corrected chi connectivity index (χ1v) is 9.71. The number of Topliss-reactive ketones (excluding diaryl/α,β-unsaturated/α-hetero) is 1. The number of carboxylic acids is 1. The van der Waals surface area contributed by atoms with Crippen LogP contribution in [0.4, 0.5) is 0 Å². The van der Waals surface area contributed by atoms with Crippen LogP contribution in [-0.4, -0.2) is 47.9 Å². The minimum atomic E-state index is -0.946. The third-order valence-corrected chi connectivity index (χ3v) is 6.79. The maximum absolute atomic E-state index is 13.1. The Kier molecular flexibility index (Phi) is 4.83. The minimum Gasteiger partial charge on any atom is -0.481 e. The molecule has 7 heteroatoms. The van der Waals surface area contributed by atoms with E-state index in [2.05, 4.69) is 10.6 Å². The van der Waals surface area contributed by atoms with Gasteiger partial charge >= 0.3 is 5.97 Å². The van der Waals surface area contributed by atoms with Crippen LogP contribution in [0.3, 0.4) is 0 Å². The number of nitrogens with two attached hydrogens (primary N) is 1. The van der Waals surface area contributed by atoms with Gasteiger partial charge in [0.05, 0.1) is 24.1 Å². The van der Waals surface area contributed by atoms with Gasteiger partial charge in [0.25, 0.3) is 0 Å². The fraction of sp³-hybridized carbons (Fsp3) is 0.889. The molecule has 0 amide bonds. The summed E-state index contributed by atoms with van der Waals surface area (Å²) in [6, 6.07) is 0.389. The van der Waals surface area contributed by atoms with Crippen molar-refractivity contribution in [2.45, 2.75) is 69.5 Å². The molecule has 0 aromatic heterocycles. The zero-order chi connectivity index (χ0) is 17.6. The molecule has 4 aliphatic rings. The van der Waals surface area contributed by atoms with Gasteiger partial charge in [0.15, 0.2) is 0 Å². The summed E-state index contributed by atoms with van der Waals surface area (Å²) >= 11 is 0. The Morgan fingerprint density at radius 1 is 1.16 bits per heavy atom. The van der Waals surface area contributed by atoms with Crippen molar-refractivity contribution in [3.05, 3.63) is 0 Å². The minimum absolute atomic E-state index is 0.111. The number of nitrogens with one attached hydrogen (secondary N) is 2. The van der Waals surface area contributed by atoms with E-state index in [0.717, 1.165) is 6.42 Å². The third kappa shape index (κ3) is 3.23. The molecule has 25 heavy (non-hydrogen) atoms. The number of carbonyl (C=O) groups is 2. The maximum atomic E-state index is 13.1. The summed E-state index contributed by atoms with van der Waals surface area (Å²) in [7, 11) is 0. The monoisotopic (exact) mass is 351 g/mol. The third-order valence-electron chi connectivity index (χ3n) is 6.79. The maximum Gasteiger partial charge on any atom is 0.309 e. The first-order chi connectivity index (χ1) is 12.0. The van der Waals surface area contributed by atoms with Crippen molar-refractivity contribution >= 4 is 11.8 Å². The first kappa shape index (κ1) is 17.4. The number of hydrogen-bond acceptors (Lipinski definition) is 6. The number of aliphatic carboxylic acids is 1. The summed E-state index contributed by atoms with van der Waals surface area (Å²) in [5.74, 6) is -1.36. The smallest absolute Gasteiger partial charge is 0.309 e. The average molecular weight is 351 g/mol. The Labute approximate surface area is 148 Å². The van der Waals surface area contributed by atoms with E-state index in [1.54, 1.807) is 0 Å². The van der Waals surface area contributed by atoms with Gasteiger partial charge in [-0.3, -0.25) is 14.9 Å². The Balaban J connectivity index is 1.46. The number of fused-ring (bicyclic) bond motifs is 2. The lowest BCUT2D eigenvalue weighted by atomic mass is 9.71. The van der Waals surface area contributed by atoms with Crippen LogP contribution in [0.5, 0.6) is 0 Å². The van der Waals surface area contributed by atoms with Crippen molar-refractivity contribution in [1.82, 2.24) is 10.6 Å². The highest BCUT2D eigenvalue weighted by Crippen LogP contribution is 2.39. The van der Waals surface area contributed by atoms with Gasteiger partial charge in [-0.2, -0.15) is 0 Å². The van der Waals surface area contributed by atoms with Crippen LogP contribution in [-0.2, 0) is 14.3 Å². The van der Waals surface area contributed by atoms with Gasteiger partial charge in [0.1, 0.15) is 12.0 Å². The summed E-state index contributed by atoms with van der Waals surface area (Å²) in [4.78, 5) is 24.5. The number of hydrogen-bond donors (Lipinski definition) is 4. The quantitative estimate of drug-likeness (QED) is 0.570. The summed E-state index contributed by atoms with van der Waals surface area (Å²) in [5, 5.41) is 16.0. The molecule has 3 aliphatic heterocycles. The number of ketones is 1. The van der Waals surface area contributed by atoms with Gasteiger partial charge in [0.2, 0.25) is 0 Å². The largest absolute Gasteiger partial charge is 0.481 e. The molecule has 5 N–H and O–H groups in total. The second kappa shape index (κ2) is 6.95. The lowest BCUT2D eigenvalue weighted by Gasteiger charge is -2.50. The second-order valence-corrected chi connectivity index (χ2v) is 8.23. The van der Waals surface area contributed by atoms with Crippen molar-refractivity contribution in [3.8, 4) is 0 Å². The van der Waals surface area contributed by atoms with Crippen molar-refractivity contribution < 1.29 is 19.4 Å². The molecule has 4 rings (SSSR count). The summed E-state index contributed by atoms with van der Waals surface area (Å²) in [6.45, 7) is 0.695. The fourth-order valence-corrected chi connectivity index (χ4v) is 5.34. The van der Waals surface area contributed by atoms with Crippen LogP contribution in [0.2, 0.25) is 0 Å².